The number of fused-ring (bicyclic) bond motifs is 1. The lowest BCUT2D eigenvalue weighted by molar-refractivity contribution is -0.144. The van der Waals surface area contributed by atoms with Crippen molar-refractivity contribution in [3.8, 4) is 0 Å². The maximum absolute atomic E-state index is 12.9. The van der Waals surface area contributed by atoms with Crippen LogP contribution < -0.4 is 0 Å². The first-order valence-corrected chi connectivity index (χ1v) is 7.76. The zero-order valence-electron chi connectivity index (χ0n) is 11.0. The number of H-pyrrole nitrogens is 1. The van der Waals surface area contributed by atoms with Crippen LogP contribution in [0.4, 0.5) is 8.78 Å². The van der Waals surface area contributed by atoms with E-state index < -0.39 is 34.0 Å². The Morgan fingerprint density at radius 3 is 2.73 bits per heavy atom. The molecule has 1 atom stereocenters. The molecule has 1 aromatic heterocycles. The molecule has 3 rings (SSSR count). The summed E-state index contributed by atoms with van der Waals surface area (Å²) < 4.78 is 51.8. The van der Waals surface area contributed by atoms with Crippen molar-refractivity contribution in [3.05, 3.63) is 23.9 Å². The summed E-state index contributed by atoms with van der Waals surface area (Å²) in [6, 6.07) is 0.837. The van der Waals surface area contributed by atoms with Gasteiger partial charge in [0.15, 0.2) is 0 Å². The van der Waals surface area contributed by atoms with Crippen LogP contribution in [0.2, 0.25) is 0 Å². The third-order valence-corrected chi connectivity index (χ3v) is 5.56. The van der Waals surface area contributed by atoms with Gasteiger partial charge in [-0.3, -0.25) is 9.89 Å². The third-order valence-electron chi connectivity index (χ3n) is 3.63. The quantitative estimate of drug-likeness (QED) is 0.880. The minimum absolute atomic E-state index is 0.0356. The largest absolute Gasteiger partial charge is 0.480 e. The Kier molecular flexibility index (Phi) is 3.37. The molecule has 1 aliphatic heterocycles. The smallest absolute Gasteiger partial charge is 0.322 e. The number of halogens is 2. The van der Waals surface area contributed by atoms with Crippen molar-refractivity contribution in [3.63, 3.8) is 0 Å². The van der Waals surface area contributed by atoms with Crippen LogP contribution in [0.25, 0.3) is 10.9 Å². The fourth-order valence-corrected chi connectivity index (χ4v) is 4.24. The van der Waals surface area contributed by atoms with Gasteiger partial charge in [0.25, 0.3) is 6.43 Å². The molecule has 0 bridgehead atoms. The molecule has 0 spiro atoms. The Labute approximate surface area is 123 Å². The Hall–Kier alpha value is -2.07. The molecule has 0 saturated carbocycles. The van der Waals surface area contributed by atoms with Gasteiger partial charge in [-0.05, 0) is 18.6 Å². The first-order valence-electron chi connectivity index (χ1n) is 6.32. The van der Waals surface area contributed by atoms with Crippen molar-refractivity contribution in [2.45, 2.75) is 23.8 Å². The van der Waals surface area contributed by atoms with E-state index in [1.807, 2.05) is 0 Å². The molecule has 0 amide bonds. The molecular formula is C12H11F2N3O4S. The lowest BCUT2D eigenvalue weighted by Crippen LogP contribution is -2.54. The zero-order chi connectivity index (χ0) is 16.1. The minimum atomic E-state index is -4.20. The number of carbonyl (C=O) groups is 1. The van der Waals surface area contributed by atoms with Gasteiger partial charge in [-0.15, -0.1) is 0 Å². The summed E-state index contributed by atoms with van der Waals surface area (Å²) in [6.07, 6.45) is -1.42. The number of nitrogens with one attached hydrogen (secondary N) is 1. The number of aromatic amines is 1. The summed E-state index contributed by atoms with van der Waals surface area (Å²) in [5, 5.41) is 15.3. The summed E-state index contributed by atoms with van der Waals surface area (Å²) in [5.41, 5.74) is -0.375. The number of hydrogen-bond donors (Lipinski definition) is 2. The fourth-order valence-electron chi connectivity index (χ4n) is 2.40. The van der Waals surface area contributed by atoms with Crippen molar-refractivity contribution < 1.29 is 27.1 Å². The molecule has 7 nitrogen and oxygen atoms in total. The zero-order valence-corrected chi connectivity index (χ0v) is 11.8. The second-order valence-corrected chi connectivity index (χ2v) is 6.77. The SMILES string of the molecule is O=C(O)C1CCN1S(=O)(=O)c1cc(C(F)F)cc2cn[nH]c12. The lowest BCUT2D eigenvalue weighted by atomic mass is 10.1. The van der Waals surface area contributed by atoms with Crippen molar-refractivity contribution in [1.29, 1.82) is 0 Å². The van der Waals surface area contributed by atoms with Crippen LogP contribution in [0.15, 0.2) is 23.2 Å². The van der Waals surface area contributed by atoms with Gasteiger partial charge in [-0.25, -0.2) is 17.2 Å². The third kappa shape index (κ3) is 2.15. The highest BCUT2D eigenvalue weighted by atomic mass is 32.2. The standard InChI is InChI=1S/C12H11F2N3O4S/c13-11(14)6-3-7-5-15-16-10(7)9(4-6)22(20,21)17-2-1-8(17)12(18)19/h3-5,8,11H,1-2H2,(H,15,16)(H,18,19). The molecular weight excluding hydrogens is 320 g/mol. The average Bonchev–Trinajstić information content (AvgIpc) is 2.82. The molecule has 2 aromatic rings. The molecule has 1 saturated heterocycles. The predicted octanol–water partition coefficient (Wildman–Crippen LogP) is 1.35. The number of hydrogen-bond acceptors (Lipinski definition) is 4. The van der Waals surface area contributed by atoms with Crippen LogP contribution >= 0.6 is 0 Å². The first kappa shape index (κ1) is 14.9. The van der Waals surface area contributed by atoms with E-state index in [0.717, 1.165) is 16.4 Å². The number of aliphatic carboxylic acids is 1. The predicted molar refractivity (Wildman–Crippen MR) is 71.0 cm³/mol. The molecule has 118 valence electrons. The molecule has 1 unspecified atom stereocenters. The van der Waals surface area contributed by atoms with Crippen molar-refractivity contribution in [2.75, 3.05) is 6.54 Å². The van der Waals surface area contributed by atoms with Gasteiger partial charge in [0.1, 0.15) is 10.9 Å². The highest BCUT2D eigenvalue weighted by Crippen LogP contribution is 2.33. The van der Waals surface area contributed by atoms with E-state index in [9.17, 15) is 22.0 Å². The molecule has 1 fully saturated rings. The van der Waals surface area contributed by atoms with Crippen LogP contribution in [-0.4, -0.2) is 46.6 Å². The summed E-state index contributed by atoms with van der Waals surface area (Å²) in [6.45, 7) is 0.0356. The van der Waals surface area contributed by atoms with Gasteiger partial charge in [-0.2, -0.15) is 9.40 Å². The first-order chi connectivity index (χ1) is 10.3. The van der Waals surface area contributed by atoms with Crippen molar-refractivity contribution in [2.24, 2.45) is 0 Å². The molecule has 0 aliphatic carbocycles. The van der Waals surface area contributed by atoms with Gasteiger partial charge in [0.05, 0.1) is 11.7 Å². The van der Waals surface area contributed by atoms with Gasteiger partial charge in [-0.1, -0.05) is 0 Å². The molecule has 1 aliphatic rings. The van der Waals surface area contributed by atoms with Crippen LogP contribution in [0.1, 0.15) is 18.4 Å². The number of sulfonamides is 1. The summed E-state index contributed by atoms with van der Waals surface area (Å²) in [5.74, 6) is -1.26. The second-order valence-electron chi connectivity index (χ2n) is 4.91. The second kappa shape index (κ2) is 4.99. The number of alkyl halides is 2. The molecule has 0 radical (unpaired) electrons. The maximum atomic E-state index is 12.9. The number of rotatable bonds is 4. The van der Waals surface area contributed by atoms with Crippen LogP contribution in [0.5, 0.6) is 0 Å². The fraction of sp³-hybridized carbons (Fsp3) is 0.333. The van der Waals surface area contributed by atoms with E-state index in [2.05, 4.69) is 10.2 Å². The number of nitrogens with zero attached hydrogens (tertiary/aromatic N) is 2. The van der Waals surface area contributed by atoms with Gasteiger partial charge in [0.2, 0.25) is 10.0 Å². The number of carboxylic acid groups (broad SMARTS) is 1. The topological polar surface area (TPSA) is 103 Å². The Morgan fingerprint density at radius 1 is 1.45 bits per heavy atom. The van der Waals surface area contributed by atoms with E-state index >= 15 is 0 Å². The van der Waals surface area contributed by atoms with Crippen molar-refractivity contribution in [1.82, 2.24) is 14.5 Å². The van der Waals surface area contributed by atoms with Crippen LogP contribution in [-0.2, 0) is 14.8 Å². The van der Waals surface area contributed by atoms with E-state index in [1.54, 1.807) is 0 Å². The number of aromatic nitrogens is 2. The highest BCUT2D eigenvalue weighted by Gasteiger charge is 2.43. The van der Waals surface area contributed by atoms with E-state index in [0.29, 0.717) is 0 Å². The maximum Gasteiger partial charge on any atom is 0.322 e. The van der Waals surface area contributed by atoms with Gasteiger partial charge in [0, 0.05) is 17.5 Å². The number of carboxylic acids is 1. The molecule has 10 heteroatoms. The molecule has 1 aromatic carbocycles. The molecule has 2 heterocycles. The van der Waals surface area contributed by atoms with Crippen LogP contribution in [0.3, 0.4) is 0 Å². The minimum Gasteiger partial charge on any atom is -0.480 e. The summed E-state index contributed by atoms with van der Waals surface area (Å²) in [4.78, 5) is 10.6. The molecule has 22 heavy (non-hydrogen) atoms. The van der Waals surface area contributed by atoms with E-state index in [-0.39, 0.29) is 28.8 Å². The normalized spacial score (nSPS) is 19.5. The number of benzene rings is 1. The summed E-state index contributed by atoms with van der Waals surface area (Å²) >= 11 is 0. The van der Waals surface area contributed by atoms with Crippen molar-refractivity contribution >= 4 is 26.9 Å². The Bertz CT molecular complexity index is 849. The van der Waals surface area contributed by atoms with E-state index in [1.165, 1.54) is 6.20 Å². The van der Waals surface area contributed by atoms with Gasteiger partial charge >= 0.3 is 5.97 Å². The summed E-state index contributed by atoms with van der Waals surface area (Å²) in [7, 11) is -4.20. The molecule has 2 N–H and O–H groups in total. The van der Waals surface area contributed by atoms with Gasteiger partial charge < -0.3 is 5.11 Å². The highest BCUT2D eigenvalue weighted by molar-refractivity contribution is 7.89. The Balaban J connectivity index is 2.16. The monoisotopic (exact) mass is 331 g/mol. The Morgan fingerprint density at radius 2 is 2.18 bits per heavy atom. The van der Waals surface area contributed by atoms with E-state index in [4.69, 9.17) is 5.11 Å². The lowest BCUT2D eigenvalue weighted by Gasteiger charge is -2.36. The average molecular weight is 331 g/mol. The van der Waals surface area contributed by atoms with Crippen LogP contribution in [0, 0.1) is 0 Å².